The second-order valence-corrected chi connectivity index (χ2v) is 9.38. The fourth-order valence-corrected chi connectivity index (χ4v) is 5.04. The first-order valence-electron chi connectivity index (χ1n) is 11.7. The number of Topliss-reactive ketones (excluding diaryl/α,β-unsaturated/α-hetero) is 1. The number of benzene rings is 3. The maximum Gasteiger partial charge on any atom is 0.192 e. The smallest absolute Gasteiger partial charge is 0.192 e. The molecule has 178 valence electrons. The number of hydrogen-bond donors (Lipinski definition) is 0. The van der Waals surface area contributed by atoms with E-state index in [1.165, 1.54) is 11.8 Å². The van der Waals surface area contributed by atoms with Gasteiger partial charge < -0.3 is 9.47 Å². The van der Waals surface area contributed by atoms with Crippen LogP contribution in [0.3, 0.4) is 0 Å². The van der Waals surface area contributed by atoms with Crippen molar-refractivity contribution in [1.82, 2.24) is 14.8 Å². The van der Waals surface area contributed by atoms with Crippen LogP contribution in [-0.4, -0.2) is 46.1 Å². The topological polar surface area (TPSA) is 66.2 Å². The maximum absolute atomic E-state index is 13.0. The summed E-state index contributed by atoms with van der Waals surface area (Å²) in [6.07, 6.45) is 2.20. The number of nitrogens with zero attached hydrogens (tertiary/aromatic N) is 3. The Hall–Kier alpha value is -3.42. The van der Waals surface area contributed by atoms with Gasteiger partial charge in [0.15, 0.2) is 16.8 Å². The van der Waals surface area contributed by atoms with Crippen LogP contribution in [0, 0.1) is 0 Å². The van der Waals surface area contributed by atoms with E-state index in [4.69, 9.17) is 9.47 Å². The van der Waals surface area contributed by atoms with Crippen molar-refractivity contribution in [3.63, 3.8) is 0 Å². The number of hydrogen-bond acceptors (Lipinski definition) is 6. The second kappa shape index (κ2) is 10.9. The first-order chi connectivity index (χ1) is 17.2. The number of aromatic nitrogens is 3. The van der Waals surface area contributed by atoms with Crippen molar-refractivity contribution in [2.24, 2.45) is 0 Å². The molecule has 0 aliphatic carbocycles. The van der Waals surface area contributed by atoms with Gasteiger partial charge in [0.05, 0.1) is 25.5 Å². The van der Waals surface area contributed by atoms with Gasteiger partial charge in [-0.05, 0) is 48.2 Å². The fourth-order valence-electron chi connectivity index (χ4n) is 4.20. The Bertz CT molecular complexity index is 1270. The predicted molar refractivity (Wildman–Crippen MR) is 138 cm³/mol. The van der Waals surface area contributed by atoms with Crippen molar-refractivity contribution in [3.8, 4) is 28.3 Å². The van der Waals surface area contributed by atoms with E-state index in [9.17, 15) is 4.79 Å². The van der Waals surface area contributed by atoms with Crippen LogP contribution in [0.4, 0.5) is 0 Å². The lowest BCUT2D eigenvalue weighted by Crippen LogP contribution is -2.17. The summed E-state index contributed by atoms with van der Waals surface area (Å²) in [6, 6.07) is 25.7. The standard InChI is InChI=1S/C28H27N3O3S/c1-33-24-15-13-23(14-16-24)27-29-30-28(31(27)18-25-8-5-17-34-25)35-19-26(32)22-11-9-21(10-12-22)20-6-3-2-4-7-20/h2-4,6-7,9-16,25H,5,8,17-19H2,1H3/t25-/m0/s1. The summed E-state index contributed by atoms with van der Waals surface area (Å²) >= 11 is 1.42. The molecule has 0 N–H and O–H groups in total. The molecule has 5 rings (SSSR count). The van der Waals surface area contributed by atoms with Gasteiger partial charge in [0, 0.05) is 17.7 Å². The largest absolute Gasteiger partial charge is 0.497 e. The highest BCUT2D eigenvalue weighted by Crippen LogP contribution is 2.28. The summed E-state index contributed by atoms with van der Waals surface area (Å²) in [5, 5.41) is 9.62. The van der Waals surface area contributed by atoms with Crippen LogP contribution in [0.5, 0.6) is 5.75 Å². The van der Waals surface area contributed by atoms with Gasteiger partial charge in [0.1, 0.15) is 5.75 Å². The Morgan fingerprint density at radius 2 is 1.69 bits per heavy atom. The lowest BCUT2D eigenvalue weighted by Gasteiger charge is -2.15. The zero-order chi connectivity index (χ0) is 24.0. The normalized spacial score (nSPS) is 15.3. The van der Waals surface area contributed by atoms with Gasteiger partial charge in [-0.25, -0.2) is 0 Å². The van der Waals surface area contributed by atoms with E-state index in [0.29, 0.717) is 12.1 Å². The van der Waals surface area contributed by atoms with Gasteiger partial charge in [-0.2, -0.15) is 0 Å². The molecule has 1 atom stereocenters. The number of rotatable bonds is 9. The van der Waals surface area contributed by atoms with E-state index in [1.54, 1.807) is 7.11 Å². The highest BCUT2D eigenvalue weighted by Gasteiger charge is 2.22. The van der Waals surface area contributed by atoms with E-state index >= 15 is 0 Å². The van der Waals surface area contributed by atoms with Crippen LogP contribution in [-0.2, 0) is 11.3 Å². The lowest BCUT2D eigenvalue weighted by atomic mass is 10.0. The van der Waals surface area contributed by atoms with Crippen molar-refractivity contribution in [2.75, 3.05) is 19.5 Å². The Labute approximate surface area is 209 Å². The van der Waals surface area contributed by atoms with Gasteiger partial charge in [-0.15, -0.1) is 10.2 Å². The van der Waals surface area contributed by atoms with Crippen molar-refractivity contribution < 1.29 is 14.3 Å². The van der Waals surface area contributed by atoms with E-state index in [1.807, 2.05) is 66.7 Å². The average Bonchev–Trinajstić information content (AvgIpc) is 3.58. The molecule has 1 fully saturated rings. The molecule has 6 nitrogen and oxygen atoms in total. The van der Waals surface area contributed by atoms with Crippen molar-refractivity contribution in [1.29, 1.82) is 0 Å². The van der Waals surface area contributed by atoms with Gasteiger partial charge in [0.25, 0.3) is 0 Å². The summed E-state index contributed by atoms with van der Waals surface area (Å²) < 4.78 is 13.2. The van der Waals surface area contributed by atoms with Crippen molar-refractivity contribution in [3.05, 3.63) is 84.4 Å². The molecular formula is C28H27N3O3S. The van der Waals surface area contributed by atoms with Crippen molar-refractivity contribution in [2.45, 2.75) is 30.6 Å². The molecule has 35 heavy (non-hydrogen) atoms. The zero-order valence-corrected chi connectivity index (χ0v) is 20.4. The van der Waals surface area contributed by atoms with Crippen LogP contribution in [0.25, 0.3) is 22.5 Å². The number of thioether (sulfide) groups is 1. The minimum absolute atomic E-state index is 0.0623. The Balaban J connectivity index is 1.32. The number of carbonyl (C=O) groups excluding carboxylic acids is 1. The molecule has 1 aliphatic heterocycles. The molecule has 0 spiro atoms. The van der Waals surface area contributed by atoms with Gasteiger partial charge in [0.2, 0.25) is 0 Å². The summed E-state index contributed by atoms with van der Waals surface area (Å²) in [5.74, 6) is 1.91. The molecule has 0 radical (unpaired) electrons. The molecule has 1 aliphatic rings. The molecular weight excluding hydrogens is 458 g/mol. The van der Waals surface area contributed by atoms with Crippen LogP contribution in [0.2, 0.25) is 0 Å². The molecule has 4 aromatic rings. The van der Waals surface area contributed by atoms with Crippen LogP contribution in [0.1, 0.15) is 23.2 Å². The third kappa shape index (κ3) is 5.47. The maximum atomic E-state index is 13.0. The zero-order valence-electron chi connectivity index (χ0n) is 19.6. The highest BCUT2D eigenvalue weighted by molar-refractivity contribution is 7.99. The van der Waals surface area contributed by atoms with Crippen LogP contribution >= 0.6 is 11.8 Å². The number of ketones is 1. The van der Waals surface area contributed by atoms with E-state index in [0.717, 1.165) is 52.9 Å². The number of methoxy groups -OCH3 is 1. The third-order valence-corrected chi connectivity index (χ3v) is 7.09. The summed E-state index contributed by atoms with van der Waals surface area (Å²) in [6.45, 7) is 1.45. The fraction of sp³-hybridized carbons (Fsp3) is 0.250. The molecule has 1 aromatic heterocycles. The van der Waals surface area contributed by atoms with Gasteiger partial charge in [-0.1, -0.05) is 66.4 Å². The number of carbonyl (C=O) groups is 1. The number of ether oxygens (including phenoxy) is 2. The molecule has 1 saturated heterocycles. The Morgan fingerprint density at radius 3 is 2.37 bits per heavy atom. The van der Waals surface area contributed by atoms with E-state index < -0.39 is 0 Å². The first-order valence-corrected chi connectivity index (χ1v) is 12.7. The van der Waals surface area contributed by atoms with E-state index in [2.05, 4.69) is 26.9 Å². The summed E-state index contributed by atoms with van der Waals surface area (Å²) in [4.78, 5) is 13.0. The Morgan fingerprint density at radius 1 is 0.971 bits per heavy atom. The minimum Gasteiger partial charge on any atom is -0.497 e. The molecule has 0 amide bonds. The average molecular weight is 486 g/mol. The van der Waals surface area contributed by atoms with E-state index in [-0.39, 0.29) is 17.6 Å². The molecule has 7 heteroatoms. The molecule has 0 bridgehead atoms. The monoisotopic (exact) mass is 485 g/mol. The highest BCUT2D eigenvalue weighted by atomic mass is 32.2. The van der Waals surface area contributed by atoms with Gasteiger partial charge >= 0.3 is 0 Å². The molecule has 0 saturated carbocycles. The van der Waals surface area contributed by atoms with Crippen LogP contribution in [0.15, 0.2) is 84.0 Å². The lowest BCUT2D eigenvalue weighted by molar-refractivity contribution is 0.0953. The van der Waals surface area contributed by atoms with Crippen LogP contribution < -0.4 is 4.74 Å². The first kappa shape index (κ1) is 23.3. The van der Waals surface area contributed by atoms with Crippen molar-refractivity contribution >= 4 is 17.5 Å². The molecule has 2 heterocycles. The SMILES string of the molecule is COc1ccc(-c2nnc(SCC(=O)c3ccc(-c4ccccc4)cc3)n2C[C@@H]2CCCO2)cc1. The summed E-state index contributed by atoms with van der Waals surface area (Å²) in [7, 11) is 1.65. The minimum atomic E-state index is 0.0623. The quantitative estimate of drug-likeness (QED) is 0.221. The third-order valence-electron chi connectivity index (χ3n) is 6.12. The van der Waals surface area contributed by atoms with Gasteiger partial charge in [-0.3, -0.25) is 9.36 Å². The second-order valence-electron chi connectivity index (χ2n) is 8.44. The molecule has 0 unspecified atom stereocenters. The summed E-state index contributed by atoms with van der Waals surface area (Å²) in [5.41, 5.74) is 3.87. The predicted octanol–water partition coefficient (Wildman–Crippen LogP) is 5.77. The Kier molecular flexibility index (Phi) is 7.25. The molecule has 3 aromatic carbocycles.